The van der Waals surface area contributed by atoms with E-state index in [4.69, 9.17) is 33.2 Å². The minimum atomic E-state index is -0.867. The number of rotatable bonds is 14. The second kappa shape index (κ2) is 14.9. The molecule has 2 atom stereocenters. The van der Waals surface area contributed by atoms with Crippen molar-refractivity contribution in [2.75, 3.05) is 35.5 Å². The van der Waals surface area contributed by atoms with Crippen molar-refractivity contribution >= 4 is 17.7 Å². The summed E-state index contributed by atoms with van der Waals surface area (Å²) in [5.74, 6) is -1.25. The molecule has 0 N–H and O–H groups in total. The summed E-state index contributed by atoms with van der Waals surface area (Å²) >= 11 is 0. The molecule has 1 heterocycles. The largest absolute Gasteiger partial charge is 0.493 e. The fourth-order valence-electron chi connectivity index (χ4n) is 4.84. The lowest BCUT2D eigenvalue weighted by atomic mass is 9.85. The van der Waals surface area contributed by atoms with E-state index in [0.29, 0.717) is 34.1 Å². The fraction of sp³-hybridized carbons (Fsp3) is 0.375. The average molecular weight is 596 g/mol. The molecule has 0 saturated carbocycles. The number of carbonyl (C=O) groups is 3. The first-order valence-electron chi connectivity index (χ1n) is 13.5. The van der Waals surface area contributed by atoms with Gasteiger partial charge in [0.1, 0.15) is 6.10 Å². The predicted molar refractivity (Wildman–Crippen MR) is 157 cm³/mol. The van der Waals surface area contributed by atoms with Crippen LogP contribution in [0.1, 0.15) is 54.7 Å². The van der Waals surface area contributed by atoms with Crippen LogP contribution in [-0.2, 0) is 14.3 Å². The second-order valence-corrected chi connectivity index (χ2v) is 9.60. The first kappa shape index (κ1) is 32.7. The molecule has 0 amide bonds. The van der Waals surface area contributed by atoms with Crippen LogP contribution in [0.15, 0.2) is 48.7 Å². The zero-order valence-corrected chi connectivity index (χ0v) is 25.6. The molecule has 1 aromatic heterocycles. The Morgan fingerprint density at radius 2 is 1.23 bits per heavy atom. The summed E-state index contributed by atoms with van der Waals surface area (Å²) in [7, 11) is 7.51. The van der Waals surface area contributed by atoms with Crippen molar-refractivity contribution in [3.05, 3.63) is 65.5 Å². The van der Waals surface area contributed by atoms with Crippen LogP contribution in [0.5, 0.6) is 34.5 Å². The summed E-state index contributed by atoms with van der Waals surface area (Å²) in [4.78, 5) is 42.4. The molecular formula is C32H37NO10. The molecule has 1 unspecified atom stereocenters. The molecule has 0 spiro atoms. The van der Waals surface area contributed by atoms with Gasteiger partial charge in [-0.2, -0.15) is 0 Å². The number of aromatic nitrogens is 1. The number of benzene rings is 2. The van der Waals surface area contributed by atoms with Crippen molar-refractivity contribution in [3.8, 4) is 34.5 Å². The van der Waals surface area contributed by atoms with Gasteiger partial charge < -0.3 is 33.2 Å². The van der Waals surface area contributed by atoms with E-state index in [1.54, 1.807) is 26.0 Å². The number of para-hydroxylation sites is 2. The highest BCUT2D eigenvalue weighted by Gasteiger charge is 2.34. The molecule has 3 aromatic rings. The molecule has 43 heavy (non-hydrogen) atoms. The first-order chi connectivity index (χ1) is 20.6. The Bertz CT molecular complexity index is 1400. The number of carbonyl (C=O) groups excluding carboxylic acids is 3. The molecule has 0 radical (unpaired) electrons. The Morgan fingerprint density at radius 1 is 0.721 bits per heavy atom. The lowest BCUT2D eigenvalue weighted by Crippen LogP contribution is -2.28. The van der Waals surface area contributed by atoms with E-state index in [0.717, 1.165) is 0 Å². The number of hydrogen-bond donors (Lipinski definition) is 0. The van der Waals surface area contributed by atoms with Gasteiger partial charge in [-0.3, -0.25) is 14.4 Å². The fourth-order valence-corrected chi connectivity index (χ4v) is 4.84. The van der Waals surface area contributed by atoms with E-state index < -0.39 is 35.7 Å². The molecule has 0 fully saturated rings. The molecule has 3 rings (SSSR count). The van der Waals surface area contributed by atoms with E-state index in [2.05, 4.69) is 4.98 Å². The Kier molecular flexibility index (Phi) is 11.3. The summed E-state index contributed by atoms with van der Waals surface area (Å²) in [5, 5.41) is 0. The van der Waals surface area contributed by atoms with Crippen LogP contribution in [-0.4, -0.2) is 64.4 Å². The number of Topliss-reactive ketones (excluding diaryl/α,β-unsaturated/α-hetero) is 1. The van der Waals surface area contributed by atoms with Gasteiger partial charge in [0.2, 0.25) is 5.75 Å². The van der Waals surface area contributed by atoms with Crippen molar-refractivity contribution in [2.24, 2.45) is 5.92 Å². The minimum absolute atomic E-state index is 0.105. The van der Waals surface area contributed by atoms with Gasteiger partial charge in [0.25, 0.3) is 0 Å². The highest BCUT2D eigenvalue weighted by atomic mass is 16.6. The number of nitrogens with zero attached hydrogens (tertiary/aromatic N) is 1. The van der Waals surface area contributed by atoms with Crippen LogP contribution in [0.2, 0.25) is 0 Å². The summed E-state index contributed by atoms with van der Waals surface area (Å²) in [5.41, 5.74) is 1.25. The topological polar surface area (TPSA) is 129 Å². The molecular weight excluding hydrogens is 558 g/mol. The molecule has 0 aliphatic heterocycles. The van der Waals surface area contributed by atoms with Crippen LogP contribution in [0, 0.1) is 5.92 Å². The maximum Gasteiger partial charge on any atom is 0.309 e. The summed E-state index contributed by atoms with van der Waals surface area (Å²) in [6.45, 7) is 4.52. The van der Waals surface area contributed by atoms with E-state index >= 15 is 0 Å². The average Bonchev–Trinajstić information content (AvgIpc) is 3.00. The zero-order chi connectivity index (χ0) is 31.7. The Hall–Kier alpha value is -4.80. The van der Waals surface area contributed by atoms with Crippen molar-refractivity contribution < 1.29 is 47.5 Å². The highest BCUT2D eigenvalue weighted by molar-refractivity contribution is 6.00. The standard InChI is InChI=1S/C32H37NO10/c1-18(17-23(35)28-31(43-20(3)34)26(39-6)15-16-33-28)32(36)42-19(2)27(21-11-9-13-24(37-4)29(21)40-7)22-12-10-14-25(38-5)30(22)41-8/h9-16,18-19,27H,17H2,1-8H3/t18-,19?/m1/s1. The summed E-state index contributed by atoms with van der Waals surface area (Å²) < 4.78 is 38.9. The molecule has 11 heteroatoms. The summed E-state index contributed by atoms with van der Waals surface area (Å²) in [6, 6.07) is 12.3. The quantitative estimate of drug-likeness (QED) is 0.184. The number of ketones is 1. The van der Waals surface area contributed by atoms with Gasteiger partial charge in [-0.05, 0) is 19.1 Å². The van der Waals surface area contributed by atoms with E-state index in [9.17, 15) is 14.4 Å². The molecule has 0 aliphatic rings. The predicted octanol–water partition coefficient (Wildman–Crippen LogP) is 5.02. The Morgan fingerprint density at radius 3 is 1.70 bits per heavy atom. The van der Waals surface area contributed by atoms with Gasteiger partial charge in [0.15, 0.2) is 40.2 Å². The molecule has 0 saturated heterocycles. The van der Waals surface area contributed by atoms with E-state index in [-0.39, 0.29) is 23.6 Å². The number of hydrogen-bond acceptors (Lipinski definition) is 11. The Labute approximate surface area is 251 Å². The second-order valence-electron chi connectivity index (χ2n) is 9.60. The van der Waals surface area contributed by atoms with Crippen molar-refractivity contribution in [1.29, 1.82) is 0 Å². The monoisotopic (exact) mass is 595 g/mol. The third-order valence-electron chi connectivity index (χ3n) is 6.80. The van der Waals surface area contributed by atoms with Crippen LogP contribution in [0.4, 0.5) is 0 Å². The maximum absolute atomic E-state index is 13.4. The molecule has 11 nitrogen and oxygen atoms in total. The lowest BCUT2D eigenvalue weighted by molar-refractivity contribution is -0.153. The van der Waals surface area contributed by atoms with E-state index in [1.165, 1.54) is 54.7 Å². The molecule has 0 bridgehead atoms. The first-order valence-corrected chi connectivity index (χ1v) is 13.5. The lowest BCUT2D eigenvalue weighted by Gasteiger charge is -2.29. The number of methoxy groups -OCH3 is 5. The van der Waals surface area contributed by atoms with Gasteiger partial charge in [-0.15, -0.1) is 0 Å². The SMILES string of the molecule is COc1cccc(C(c2cccc(OC)c2OC)C(C)OC(=O)[C@H](C)CC(=O)c2nccc(OC)c2OC(C)=O)c1OC. The number of ether oxygens (including phenoxy) is 7. The smallest absolute Gasteiger partial charge is 0.309 e. The summed E-state index contributed by atoms with van der Waals surface area (Å²) in [6.07, 6.45) is 0.339. The van der Waals surface area contributed by atoms with Crippen molar-refractivity contribution in [3.63, 3.8) is 0 Å². The van der Waals surface area contributed by atoms with Gasteiger partial charge in [-0.1, -0.05) is 31.2 Å². The van der Waals surface area contributed by atoms with Crippen LogP contribution in [0.25, 0.3) is 0 Å². The molecule has 2 aromatic carbocycles. The normalized spacial score (nSPS) is 12.1. The number of esters is 2. The van der Waals surface area contributed by atoms with Crippen LogP contribution >= 0.6 is 0 Å². The Balaban J connectivity index is 1.96. The van der Waals surface area contributed by atoms with Gasteiger partial charge in [-0.25, -0.2) is 4.98 Å². The van der Waals surface area contributed by atoms with Crippen LogP contribution in [0.3, 0.4) is 0 Å². The maximum atomic E-state index is 13.4. The highest BCUT2D eigenvalue weighted by Crippen LogP contribution is 2.45. The van der Waals surface area contributed by atoms with Crippen LogP contribution < -0.4 is 28.4 Å². The van der Waals surface area contributed by atoms with Gasteiger partial charge in [0, 0.05) is 36.7 Å². The molecule has 230 valence electrons. The number of pyridine rings is 1. The minimum Gasteiger partial charge on any atom is -0.493 e. The van der Waals surface area contributed by atoms with Crippen molar-refractivity contribution in [1.82, 2.24) is 4.98 Å². The van der Waals surface area contributed by atoms with Gasteiger partial charge >= 0.3 is 11.9 Å². The van der Waals surface area contributed by atoms with Gasteiger partial charge in [0.05, 0.1) is 47.4 Å². The van der Waals surface area contributed by atoms with E-state index in [1.807, 2.05) is 24.3 Å². The third kappa shape index (κ3) is 7.35. The third-order valence-corrected chi connectivity index (χ3v) is 6.80. The van der Waals surface area contributed by atoms with Crippen molar-refractivity contribution in [2.45, 2.75) is 39.2 Å². The zero-order valence-electron chi connectivity index (χ0n) is 25.6. The molecule has 0 aliphatic carbocycles.